The van der Waals surface area contributed by atoms with Crippen LogP contribution in [0.15, 0.2) is 29.8 Å². The highest BCUT2D eigenvalue weighted by Crippen LogP contribution is 2.39. The quantitative estimate of drug-likeness (QED) is 0.586. The lowest BCUT2D eigenvalue weighted by Crippen LogP contribution is -2.48. The standard InChI is InChI=1S/C27H39N3O2S/c1-3-4-15-29-18-19-32-24-11-6-5-9-23(24)10-7-8-12-27(20-29)13-16-30(17-14-27)26(31)25-22(2)28-21-33-25/h5-6,9,11,21H,3-4,7-8,10,12-20H2,1-2H3. The van der Waals surface area contributed by atoms with Crippen LogP contribution in [-0.2, 0) is 6.42 Å². The van der Waals surface area contributed by atoms with Crippen molar-refractivity contribution >= 4 is 17.2 Å². The van der Waals surface area contributed by atoms with Crippen LogP contribution >= 0.6 is 11.3 Å². The summed E-state index contributed by atoms with van der Waals surface area (Å²) in [5.74, 6) is 1.24. The molecule has 0 aliphatic carbocycles. The van der Waals surface area contributed by atoms with E-state index in [0.29, 0.717) is 5.41 Å². The molecule has 6 heteroatoms. The highest BCUT2D eigenvalue weighted by molar-refractivity contribution is 7.11. The van der Waals surface area contributed by atoms with Crippen molar-refractivity contribution in [3.05, 3.63) is 45.9 Å². The maximum atomic E-state index is 13.1. The van der Waals surface area contributed by atoms with Gasteiger partial charge in [0.25, 0.3) is 5.91 Å². The molecule has 1 amide bonds. The van der Waals surface area contributed by atoms with Gasteiger partial charge in [-0.2, -0.15) is 0 Å². The summed E-state index contributed by atoms with van der Waals surface area (Å²) in [7, 11) is 0. The van der Waals surface area contributed by atoms with E-state index in [4.69, 9.17) is 4.74 Å². The molecular weight excluding hydrogens is 430 g/mol. The minimum atomic E-state index is 0.172. The third-order valence-electron chi connectivity index (χ3n) is 7.48. The lowest BCUT2D eigenvalue weighted by molar-refractivity contribution is 0.0377. The molecular formula is C27H39N3O2S. The summed E-state index contributed by atoms with van der Waals surface area (Å²) in [6.07, 6.45) is 9.39. The predicted molar refractivity (Wildman–Crippen MR) is 135 cm³/mol. The van der Waals surface area contributed by atoms with Crippen LogP contribution in [0.2, 0.25) is 0 Å². The molecule has 5 nitrogen and oxygen atoms in total. The minimum absolute atomic E-state index is 0.172. The number of benzene rings is 1. The van der Waals surface area contributed by atoms with Gasteiger partial charge in [-0.25, -0.2) is 4.98 Å². The number of nitrogens with zero attached hydrogens (tertiary/aromatic N) is 3. The first kappa shape index (κ1) is 24.2. The van der Waals surface area contributed by atoms with Crippen LogP contribution in [0.3, 0.4) is 0 Å². The second-order valence-electron chi connectivity index (χ2n) is 9.85. The van der Waals surface area contributed by atoms with Gasteiger partial charge >= 0.3 is 0 Å². The predicted octanol–water partition coefficient (Wildman–Crippen LogP) is 5.58. The Hall–Kier alpha value is -1.92. The van der Waals surface area contributed by atoms with Crippen molar-refractivity contribution in [1.82, 2.24) is 14.8 Å². The molecule has 33 heavy (non-hydrogen) atoms. The van der Waals surface area contributed by atoms with Crippen molar-refractivity contribution < 1.29 is 9.53 Å². The van der Waals surface area contributed by atoms with E-state index in [2.05, 4.69) is 46.0 Å². The van der Waals surface area contributed by atoms with E-state index in [1.54, 1.807) is 5.51 Å². The molecule has 0 N–H and O–H groups in total. The van der Waals surface area contributed by atoms with Crippen LogP contribution < -0.4 is 4.74 Å². The number of thiazole rings is 1. The summed E-state index contributed by atoms with van der Waals surface area (Å²) in [5.41, 5.74) is 4.29. The molecule has 1 spiro atoms. The molecule has 0 radical (unpaired) electrons. The van der Waals surface area contributed by atoms with Gasteiger partial charge in [0.15, 0.2) is 0 Å². The summed E-state index contributed by atoms with van der Waals surface area (Å²) in [6.45, 7) is 9.89. The van der Waals surface area contributed by atoms with E-state index in [1.807, 2.05) is 6.92 Å². The fourth-order valence-electron chi connectivity index (χ4n) is 5.40. The SMILES string of the molecule is CCCCN1CCOc2ccccc2CCCCC2(CCN(C(=O)c3scnc3C)CC2)C1. The monoisotopic (exact) mass is 469 g/mol. The third-order valence-corrected chi connectivity index (χ3v) is 8.40. The average molecular weight is 470 g/mol. The summed E-state index contributed by atoms with van der Waals surface area (Å²) in [5, 5.41) is 0. The summed E-state index contributed by atoms with van der Waals surface area (Å²) < 4.78 is 6.25. The lowest BCUT2D eigenvalue weighted by atomic mass is 9.73. The van der Waals surface area contributed by atoms with Gasteiger partial charge < -0.3 is 9.64 Å². The summed E-state index contributed by atoms with van der Waals surface area (Å²) in [4.78, 5) is 22.8. The molecule has 2 aromatic rings. The van der Waals surface area contributed by atoms with E-state index in [1.165, 1.54) is 49.0 Å². The van der Waals surface area contributed by atoms with Crippen molar-refractivity contribution in [2.24, 2.45) is 5.41 Å². The highest BCUT2D eigenvalue weighted by Gasteiger charge is 2.37. The van der Waals surface area contributed by atoms with Crippen LogP contribution in [0, 0.1) is 12.3 Å². The number of aromatic nitrogens is 1. The number of hydrogen-bond donors (Lipinski definition) is 0. The fourth-order valence-corrected chi connectivity index (χ4v) is 6.17. The normalized spacial score (nSPS) is 19.9. The number of carbonyl (C=O) groups is 1. The zero-order valence-electron chi connectivity index (χ0n) is 20.4. The Bertz CT molecular complexity index is 904. The lowest BCUT2D eigenvalue weighted by Gasteiger charge is -2.45. The summed E-state index contributed by atoms with van der Waals surface area (Å²) in [6, 6.07) is 8.55. The van der Waals surface area contributed by atoms with Crippen LogP contribution in [0.25, 0.3) is 0 Å². The van der Waals surface area contributed by atoms with Crippen molar-refractivity contribution in [2.45, 2.75) is 65.2 Å². The van der Waals surface area contributed by atoms with Gasteiger partial charge in [-0.05, 0) is 69.0 Å². The Balaban J connectivity index is 1.45. The molecule has 3 heterocycles. The van der Waals surface area contributed by atoms with Gasteiger partial charge in [-0.3, -0.25) is 9.69 Å². The molecule has 1 fully saturated rings. The molecule has 180 valence electrons. The van der Waals surface area contributed by atoms with Crippen LogP contribution in [0.5, 0.6) is 5.75 Å². The molecule has 2 aliphatic rings. The number of para-hydroxylation sites is 1. The smallest absolute Gasteiger partial charge is 0.265 e. The van der Waals surface area contributed by atoms with E-state index in [9.17, 15) is 4.79 Å². The maximum Gasteiger partial charge on any atom is 0.265 e. The number of aryl methyl sites for hydroxylation is 2. The van der Waals surface area contributed by atoms with E-state index < -0.39 is 0 Å². The molecule has 0 bridgehead atoms. The van der Waals surface area contributed by atoms with E-state index in [-0.39, 0.29) is 5.91 Å². The molecule has 1 saturated heterocycles. The Morgan fingerprint density at radius 1 is 1.15 bits per heavy atom. The van der Waals surface area contributed by atoms with Gasteiger partial charge in [0.1, 0.15) is 17.2 Å². The number of fused-ring (bicyclic) bond motifs is 1. The Kier molecular flexibility index (Phi) is 8.42. The van der Waals surface area contributed by atoms with Crippen molar-refractivity contribution in [2.75, 3.05) is 39.3 Å². The number of unbranched alkanes of at least 4 members (excludes halogenated alkanes) is 1. The van der Waals surface area contributed by atoms with Crippen LogP contribution in [0.4, 0.5) is 0 Å². The van der Waals surface area contributed by atoms with E-state index in [0.717, 1.165) is 74.9 Å². The molecule has 4 rings (SSSR count). The Labute approximate surface area is 203 Å². The first-order chi connectivity index (χ1) is 16.1. The zero-order valence-corrected chi connectivity index (χ0v) is 21.2. The van der Waals surface area contributed by atoms with Gasteiger partial charge in [0, 0.05) is 26.2 Å². The van der Waals surface area contributed by atoms with E-state index >= 15 is 0 Å². The second-order valence-corrected chi connectivity index (χ2v) is 10.7. The van der Waals surface area contributed by atoms with Crippen LogP contribution in [-0.4, -0.2) is 60.0 Å². The first-order valence-corrected chi connectivity index (χ1v) is 13.6. The minimum Gasteiger partial charge on any atom is -0.492 e. The largest absolute Gasteiger partial charge is 0.492 e. The Morgan fingerprint density at radius 2 is 1.97 bits per heavy atom. The molecule has 0 atom stereocenters. The Morgan fingerprint density at radius 3 is 2.73 bits per heavy atom. The number of carbonyl (C=O) groups excluding carboxylic acids is 1. The number of piperidine rings is 1. The first-order valence-electron chi connectivity index (χ1n) is 12.7. The summed E-state index contributed by atoms with van der Waals surface area (Å²) >= 11 is 1.47. The number of rotatable bonds is 4. The third kappa shape index (κ3) is 6.15. The molecule has 0 unspecified atom stereocenters. The molecule has 1 aromatic carbocycles. The highest BCUT2D eigenvalue weighted by atomic mass is 32.1. The topological polar surface area (TPSA) is 45.7 Å². The number of ether oxygens (including phenoxy) is 1. The van der Waals surface area contributed by atoms with Crippen LogP contribution in [0.1, 0.15) is 72.8 Å². The maximum absolute atomic E-state index is 13.1. The van der Waals surface area contributed by atoms with Crippen molar-refractivity contribution in [1.29, 1.82) is 0 Å². The average Bonchev–Trinajstić information content (AvgIpc) is 3.26. The fraction of sp³-hybridized carbons (Fsp3) is 0.630. The second kappa shape index (κ2) is 11.5. The zero-order chi connectivity index (χ0) is 23.1. The van der Waals surface area contributed by atoms with Gasteiger partial charge in [-0.1, -0.05) is 38.0 Å². The number of hydrogen-bond acceptors (Lipinski definition) is 5. The van der Waals surface area contributed by atoms with Crippen molar-refractivity contribution in [3.8, 4) is 5.75 Å². The number of amides is 1. The van der Waals surface area contributed by atoms with Gasteiger partial charge in [0.05, 0.1) is 11.2 Å². The number of likely N-dealkylation sites (tertiary alicyclic amines) is 1. The van der Waals surface area contributed by atoms with Gasteiger partial charge in [-0.15, -0.1) is 11.3 Å². The molecule has 1 aromatic heterocycles. The molecule has 2 aliphatic heterocycles. The molecule has 0 saturated carbocycles. The van der Waals surface area contributed by atoms with Crippen molar-refractivity contribution in [3.63, 3.8) is 0 Å². The van der Waals surface area contributed by atoms with Gasteiger partial charge in [0.2, 0.25) is 0 Å².